The van der Waals surface area contributed by atoms with Crippen molar-refractivity contribution in [3.63, 3.8) is 0 Å². The zero-order valence-electron chi connectivity index (χ0n) is 9.65. The minimum atomic E-state index is -0.663. The number of hydrogen-bond donors (Lipinski definition) is 2. The van der Waals surface area contributed by atoms with Crippen LogP contribution in [0.25, 0.3) is 0 Å². The molecule has 0 heterocycles. The second kappa shape index (κ2) is 3.49. The summed E-state index contributed by atoms with van der Waals surface area (Å²) >= 11 is 0. The van der Waals surface area contributed by atoms with Crippen LogP contribution in [-0.4, -0.2) is 16.2 Å². The topological polar surface area (TPSA) is 57.5 Å². The Balaban J connectivity index is 2.10. The molecule has 0 saturated heterocycles. The summed E-state index contributed by atoms with van der Waals surface area (Å²) in [6, 6.07) is 5.41. The highest BCUT2D eigenvalue weighted by molar-refractivity contribution is 5.74. The van der Waals surface area contributed by atoms with E-state index in [2.05, 4.69) is 0 Å². The number of aryl methyl sites for hydroxylation is 1. The predicted octanol–water partition coefficient (Wildman–Crippen LogP) is 2.46. The Morgan fingerprint density at radius 3 is 2.71 bits per heavy atom. The molecule has 1 spiro atoms. The second-order valence-electron chi connectivity index (χ2n) is 5.28. The molecule has 0 aromatic heterocycles. The maximum absolute atomic E-state index is 11.4. The van der Waals surface area contributed by atoms with Crippen LogP contribution in [-0.2, 0) is 16.6 Å². The highest BCUT2D eigenvalue weighted by Gasteiger charge is 2.51. The first-order valence-electron chi connectivity index (χ1n) is 6.19. The van der Waals surface area contributed by atoms with Gasteiger partial charge in [0.1, 0.15) is 5.75 Å². The lowest BCUT2D eigenvalue weighted by molar-refractivity contribution is -0.147. The molecule has 1 saturated carbocycles. The number of phenols is 1. The smallest absolute Gasteiger partial charge is 0.307 e. The Labute approximate surface area is 100 Å². The first kappa shape index (κ1) is 10.6. The molecule has 1 fully saturated rings. The van der Waals surface area contributed by atoms with Gasteiger partial charge in [-0.05, 0) is 48.9 Å². The van der Waals surface area contributed by atoms with E-state index in [1.54, 1.807) is 12.1 Å². The van der Waals surface area contributed by atoms with Gasteiger partial charge in [-0.1, -0.05) is 12.5 Å². The zero-order chi connectivity index (χ0) is 12.0. The summed E-state index contributed by atoms with van der Waals surface area (Å²) < 4.78 is 0. The third-order valence-electron chi connectivity index (χ3n) is 4.54. The molecule has 0 bridgehead atoms. The fourth-order valence-corrected chi connectivity index (χ4v) is 3.57. The van der Waals surface area contributed by atoms with E-state index < -0.39 is 5.97 Å². The quantitative estimate of drug-likeness (QED) is 0.782. The summed E-state index contributed by atoms with van der Waals surface area (Å²) in [7, 11) is 0. The highest BCUT2D eigenvalue weighted by Crippen LogP contribution is 2.54. The first-order chi connectivity index (χ1) is 8.13. The van der Waals surface area contributed by atoms with Crippen LogP contribution in [0.2, 0.25) is 0 Å². The summed E-state index contributed by atoms with van der Waals surface area (Å²) in [4.78, 5) is 11.4. The van der Waals surface area contributed by atoms with Crippen LogP contribution in [0.3, 0.4) is 0 Å². The van der Waals surface area contributed by atoms with Crippen LogP contribution < -0.4 is 0 Å². The normalized spacial score (nSPS) is 25.1. The molecule has 90 valence electrons. The summed E-state index contributed by atoms with van der Waals surface area (Å²) in [5.74, 6) is -0.622. The molecule has 1 aromatic carbocycles. The van der Waals surface area contributed by atoms with Gasteiger partial charge in [0.2, 0.25) is 0 Å². The van der Waals surface area contributed by atoms with E-state index in [-0.39, 0.29) is 17.1 Å². The average Bonchev–Trinajstić information content (AvgIpc) is 2.24. The van der Waals surface area contributed by atoms with E-state index in [0.717, 1.165) is 31.2 Å². The SMILES string of the molecule is O=C(O)C1CCc2cc(O)ccc2C12CCC2. The minimum Gasteiger partial charge on any atom is -0.508 e. The van der Waals surface area contributed by atoms with Crippen molar-refractivity contribution < 1.29 is 15.0 Å². The van der Waals surface area contributed by atoms with Crippen molar-refractivity contribution in [2.75, 3.05) is 0 Å². The van der Waals surface area contributed by atoms with Gasteiger partial charge in [0.15, 0.2) is 0 Å². The molecular formula is C14H16O3. The van der Waals surface area contributed by atoms with Gasteiger partial charge in [-0.25, -0.2) is 0 Å². The zero-order valence-corrected chi connectivity index (χ0v) is 9.65. The monoisotopic (exact) mass is 232 g/mol. The summed E-state index contributed by atoms with van der Waals surface area (Å²) in [5.41, 5.74) is 2.16. The van der Waals surface area contributed by atoms with Crippen molar-refractivity contribution in [1.29, 1.82) is 0 Å². The molecule has 2 aliphatic rings. The Kier molecular flexibility index (Phi) is 2.18. The number of hydrogen-bond acceptors (Lipinski definition) is 2. The number of aromatic hydroxyl groups is 1. The maximum atomic E-state index is 11.4. The molecule has 0 amide bonds. The van der Waals surface area contributed by atoms with E-state index in [9.17, 15) is 15.0 Å². The Morgan fingerprint density at radius 1 is 1.35 bits per heavy atom. The first-order valence-corrected chi connectivity index (χ1v) is 6.19. The van der Waals surface area contributed by atoms with Crippen LogP contribution in [0.15, 0.2) is 18.2 Å². The Bertz CT molecular complexity index is 474. The van der Waals surface area contributed by atoms with Crippen LogP contribution in [0.4, 0.5) is 0 Å². The van der Waals surface area contributed by atoms with Crippen LogP contribution >= 0.6 is 0 Å². The minimum absolute atomic E-state index is 0.146. The predicted molar refractivity (Wildman–Crippen MR) is 63.1 cm³/mol. The van der Waals surface area contributed by atoms with Crippen molar-refractivity contribution in [2.24, 2.45) is 5.92 Å². The van der Waals surface area contributed by atoms with E-state index in [4.69, 9.17) is 0 Å². The summed E-state index contributed by atoms with van der Waals surface area (Å²) in [5, 5.41) is 18.9. The fraction of sp³-hybridized carbons (Fsp3) is 0.500. The van der Waals surface area contributed by atoms with Crippen molar-refractivity contribution in [3.05, 3.63) is 29.3 Å². The third-order valence-corrected chi connectivity index (χ3v) is 4.54. The van der Waals surface area contributed by atoms with Gasteiger partial charge in [-0.3, -0.25) is 4.79 Å². The molecule has 3 rings (SSSR count). The molecule has 2 N–H and O–H groups in total. The number of benzene rings is 1. The largest absolute Gasteiger partial charge is 0.508 e. The highest BCUT2D eigenvalue weighted by atomic mass is 16.4. The van der Waals surface area contributed by atoms with Crippen LogP contribution in [0, 0.1) is 5.92 Å². The van der Waals surface area contributed by atoms with E-state index in [1.807, 2.05) is 6.07 Å². The number of carboxylic acids is 1. The molecule has 1 unspecified atom stereocenters. The van der Waals surface area contributed by atoms with E-state index in [0.29, 0.717) is 6.42 Å². The summed E-state index contributed by atoms with van der Waals surface area (Å²) in [6.45, 7) is 0. The van der Waals surface area contributed by atoms with E-state index in [1.165, 1.54) is 5.56 Å². The third kappa shape index (κ3) is 1.38. The number of carbonyl (C=O) groups is 1. The summed E-state index contributed by atoms with van der Waals surface area (Å²) in [6.07, 6.45) is 4.53. The average molecular weight is 232 g/mol. The molecule has 3 heteroatoms. The Morgan fingerprint density at radius 2 is 2.12 bits per heavy atom. The molecular weight excluding hydrogens is 216 g/mol. The lowest BCUT2D eigenvalue weighted by atomic mass is 9.53. The lowest BCUT2D eigenvalue weighted by Crippen LogP contribution is -2.48. The number of rotatable bonds is 1. The molecule has 17 heavy (non-hydrogen) atoms. The van der Waals surface area contributed by atoms with Crippen LogP contribution in [0.1, 0.15) is 36.8 Å². The molecule has 1 atom stereocenters. The molecule has 3 nitrogen and oxygen atoms in total. The maximum Gasteiger partial charge on any atom is 0.307 e. The van der Waals surface area contributed by atoms with Crippen molar-refractivity contribution in [2.45, 2.75) is 37.5 Å². The molecule has 0 aliphatic heterocycles. The van der Waals surface area contributed by atoms with Gasteiger partial charge in [0, 0.05) is 5.41 Å². The number of aliphatic carboxylic acids is 1. The molecule has 0 radical (unpaired) electrons. The van der Waals surface area contributed by atoms with Crippen LogP contribution in [0.5, 0.6) is 5.75 Å². The van der Waals surface area contributed by atoms with Crippen molar-refractivity contribution in [1.82, 2.24) is 0 Å². The van der Waals surface area contributed by atoms with Gasteiger partial charge < -0.3 is 10.2 Å². The second-order valence-corrected chi connectivity index (χ2v) is 5.28. The van der Waals surface area contributed by atoms with Gasteiger partial charge in [0.05, 0.1) is 5.92 Å². The molecule has 1 aromatic rings. The van der Waals surface area contributed by atoms with Gasteiger partial charge in [0.25, 0.3) is 0 Å². The lowest BCUT2D eigenvalue weighted by Gasteiger charge is -2.50. The van der Waals surface area contributed by atoms with Gasteiger partial charge >= 0.3 is 5.97 Å². The number of phenolic OH excluding ortho intramolecular Hbond substituents is 1. The number of carboxylic acid groups (broad SMARTS) is 1. The fourth-order valence-electron chi connectivity index (χ4n) is 3.57. The van der Waals surface area contributed by atoms with Gasteiger partial charge in [-0.2, -0.15) is 0 Å². The van der Waals surface area contributed by atoms with Gasteiger partial charge in [-0.15, -0.1) is 0 Å². The van der Waals surface area contributed by atoms with Crippen molar-refractivity contribution >= 4 is 5.97 Å². The molecule has 2 aliphatic carbocycles. The number of fused-ring (bicyclic) bond motifs is 2. The van der Waals surface area contributed by atoms with Crippen molar-refractivity contribution in [3.8, 4) is 5.75 Å². The standard InChI is InChI=1S/C14H16O3/c15-10-3-5-11-9(8-10)2-4-12(13(16)17)14(11)6-1-7-14/h3,5,8,12,15H,1-2,4,6-7H2,(H,16,17). The van der Waals surface area contributed by atoms with E-state index >= 15 is 0 Å². The Hall–Kier alpha value is -1.51.